The number of hydrogen-bond donors (Lipinski definition) is 2. The molecule has 0 unspecified atom stereocenters. The van der Waals surface area contributed by atoms with E-state index in [-0.39, 0.29) is 5.54 Å². The lowest BCUT2D eigenvalue weighted by molar-refractivity contribution is 0.329. The van der Waals surface area contributed by atoms with Crippen LogP contribution in [0.2, 0.25) is 0 Å². The first-order chi connectivity index (χ1) is 11.5. The van der Waals surface area contributed by atoms with Crippen molar-refractivity contribution in [3.8, 4) is 5.75 Å². The predicted octanol–water partition coefficient (Wildman–Crippen LogP) is 4.30. The minimum atomic E-state index is 0.0144. The molecule has 0 spiro atoms. The lowest BCUT2D eigenvalue weighted by Gasteiger charge is -2.31. The van der Waals surface area contributed by atoms with Gasteiger partial charge >= 0.3 is 0 Å². The van der Waals surface area contributed by atoms with E-state index in [9.17, 15) is 0 Å². The van der Waals surface area contributed by atoms with Crippen molar-refractivity contribution in [3.05, 3.63) is 65.7 Å². The van der Waals surface area contributed by atoms with E-state index >= 15 is 0 Å². The van der Waals surface area contributed by atoms with Crippen LogP contribution in [-0.2, 0) is 6.54 Å². The van der Waals surface area contributed by atoms with Crippen LogP contribution in [-0.4, -0.2) is 18.7 Å². The van der Waals surface area contributed by atoms with E-state index < -0.39 is 0 Å². The highest BCUT2D eigenvalue weighted by atomic mass is 16.5. The van der Waals surface area contributed by atoms with E-state index in [0.29, 0.717) is 12.6 Å². The fourth-order valence-corrected chi connectivity index (χ4v) is 2.85. The SMILES string of the molecule is CCOc1ccc(CNCC(C)(C)N[C@@H](C)c2ccccc2)cc1. The van der Waals surface area contributed by atoms with Crippen LogP contribution in [0.1, 0.15) is 44.9 Å². The number of nitrogens with one attached hydrogen (secondary N) is 2. The standard InChI is InChI=1S/C21H30N2O/c1-5-24-20-13-11-18(12-14-20)15-22-16-21(3,4)23-17(2)19-9-7-6-8-10-19/h6-14,17,22-23H,5,15-16H2,1-4H3/t17-/m0/s1. The summed E-state index contributed by atoms with van der Waals surface area (Å²) >= 11 is 0. The van der Waals surface area contributed by atoms with Crippen molar-refractivity contribution in [1.82, 2.24) is 10.6 Å². The van der Waals surface area contributed by atoms with Crippen molar-refractivity contribution in [2.45, 2.75) is 45.8 Å². The summed E-state index contributed by atoms with van der Waals surface area (Å²) < 4.78 is 5.47. The summed E-state index contributed by atoms with van der Waals surface area (Å²) in [7, 11) is 0. The van der Waals surface area contributed by atoms with Crippen molar-refractivity contribution in [2.75, 3.05) is 13.2 Å². The molecule has 0 bridgehead atoms. The quantitative estimate of drug-likeness (QED) is 0.720. The van der Waals surface area contributed by atoms with Gasteiger partial charge in [-0.2, -0.15) is 0 Å². The Morgan fingerprint density at radius 3 is 2.29 bits per heavy atom. The third kappa shape index (κ3) is 5.99. The summed E-state index contributed by atoms with van der Waals surface area (Å²) in [6.07, 6.45) is 0. The summed E-state index contributed by atoms with van der Waals surface area (Å²) in [5, 5.41) is 7.25. The molecular weight excluding hydrogens is 296 g/mol. The average molecular weight is 326 g/mol. The van der Waals surface area contributed by atoms with Gasteiger partial charge in [-0.25, -0.2) is 0 Å². The Balaban J connectivity index is 1.79. The van der Waals surface area contributed by atoms with E-state index in [0.717, 1.165) is 18.8 Å². The van der Waals surface area contributed by atoms with E-state index in [1.165, 1.54) is 11.1 Å². The first-order valence-electron chi connectivity index (χ1n) is 8.75. The van der Waals surface area contributed by atoms with Gasteiger partial charge in [-0.05, 0) is 51.0 Å². The molecule has 24 heavy (non-hydrogen) atoms. The first kappa shape index (κ1) is 18.5. The van der Waals surface area contributed by atoms with Crippen LogP contribution in [0.5, 0.6) is 5.75 Å². The maximum absolute atomic E-state index is 5.47. The second kappa shape index (κ2) is 8.86. The maximum atomic E-state index is 5.47. The Labute approximate surface area is 146 Å². The molecule has 0 saturated heterocycles. The molecule has 2 aromatic carbocycles. The Morgan fingerprint density at radius 2 is 1.67 bits per heavy atom. The zero-order valence-electron chi connectivity index (χ0n) is 15.3. The smallest absolute Gasteiger partial charge is 0.119 e. The highest BCUT2D eigenvalue weighted by molar-refractivity contribution is 5.27. The van der Waals surface area contributed by atoms with Crippen LogP contribution >= 0.6 is 0 Å². The molecule has 0 saturated carbocycles. The van der Waals surface area contributed by atoms with Crippen molar-refractivity contribution in [2.24, 2.45) is 0 Å². The van der Waals surface area contributed by atoms with Gasteiger partial charge in [0.1, 0.15) is 5.75 Å². The molecule has 0 amide bonds. The van der Waals surface area contributed by atoms with Crippen molar-refractivity contribution >= 4 is 0 Å². The van der Waals surface area contributed by atoms with Crippen LogP contribution in [0, 0.1) is 0 Å². The van der Waals surface area contributed by atoms with E-state index in [4.69, 9.17) is 4.74 Å². The molecule has 2 rings (SSSR count). The molecular formula is C21H30N2O. The van der Waals surface area contributed by atoms with Gasteiger partial charge in [-0.15, -0.1) is 0 Å². The maximum Gasteiger partial charge on any atom is 0.119 e. The van der Waals surface area contributed by atoms with Gasteiger partial charge in [-0.3, -0.25) is 0 Å². The zero-order chi connectivity index (χ0) is 17.4. The predicted molar refractivity (Wildman–Crippen MR) is 101 cm³/mol. The number of rotatable bonds is 9. The van der Waals surface area contributed by atoms with Crippen molar-refractivity contribution < 1.29 is 4.74 Å². The molecule has 2 N–H and O–H groups in total. The van der Waals surface area contributed by atoms with Gasteiger partial charge in [0, 0.05) is 24.7 Å². The van der Waals surface area contributed by atoms with Crippen LogP contribution in [0.3, 0.4) is 0 Å². The lowest BCUT2D eigenvalue weighted by atomic mass is 10.0. The summed E-state index contributed by atoms with van der Waals surface area (Å²) in [5.74, 6) is 0.930. The number of hydrogen-bond acceptors (Lipinski definition) is 3. The number of ether oxygens (including phenoxy) is 1. The first-order valence-corrected chi connectivity index (χ1v) is 8.75. The number of benzene rings is 2. The van der Waals surface area contributed by atoms with Crippen LogP contribution in [0.4, 0.5) is 0 Å². The fourth-order valence-electron chi connectivity index (χ4n) is 2.85. The van der Waals surface area contributed by atoms with E-state index in [1.807, 2.05) is 19.1 Å². The summed E-state index contributed by atoms with van der Waals surface area (Å²) in [6, 6.07) is 19.2. The molecule has 3 heteroatoms. The molecule has 0 fully saturated rings. The third-order valence-corrected chi connectivity index (χ3v) is 4.04. The third-order valence-electron chi connectivity index (χ3n) is 4.04. The zero-order valence-corrected chi connectivity index (χ0v) is 15.3. The molecule has 130 valence electrons. The summed E-state index contributed by atoms with van der Waals surface area (Å²) in [6.45, 7) is 11.1. The highest BCUT2D eigenvalue weighted by Gasteiger charge is 2.20. The molecule has 3 nitrogen and oxygen atoms in total. The molecule has 1 atom stereocenters. The van der Waals surface area contributed by atoms with Gasteiger partial charge < -0.3 is 15.4 Å². The van der Waals surface area contributed by atoms with E-state index in [1.54, 1.807) is 0 Å². The van der Waals surface area contributed by atoms with Gasteiger partial charge in [0.05, 0.1) is 6.61 Å². The Morgan fingerprint density at radius 1 is 1.00 bits per heavy atom. The van der Waals surface area contributed by atoms with Crippen LogP contribution in [0.25, 0.3) is 0 Å². The molecule has 0 aliphatic carbocycles. The average Bonchev–Trinajstić information content (AvgIpc) is 2.57. The Kier molecular flexibility index (Phi) is 6.83. The van der Waals surface area contributed by atoms with Gasteiger partial charge in [0.15, 0.2) is 0 Å². The summed E-state index contributed by atoms with van der Waals surface area (Å²) in [4.78, 5) is 0. The lowest BCUT2D eigenvalue weighted by Crippen LogP contribution is -2.48. The Bertz CT molecular complexity index is 593. The molecule has 0 radical (unpaired) electrons. The summed E-state index contributed by atoms with van der Waals surface area (Å²) in [5.41, 5.74) is 2.60. The highest BCUT2D eigenvalue weighted by Crippen LogP contribution is 2.16. The second-order valence-corrected chi connectivity index (χ2v) is 6.84. The topological polar surface area (TPSA) is 33.3 Å². The van der Waals surface area contributed by atoms with Gasteiger partial charge in [0.25, 0.3) is 0 Å². The molecule has 0 aliphatic heterocycles. The minimum absolute atomic E-state index is 0.0144. The minimum Gasteiger partial charge on any atom is -0.494 e. The van der Waals surface area contributed by atoms with Gasteiger partial charge in [-0.1, -0.05) is 42.5 Å². The molecule has 0 aromatic heterocycles. The largest absolute Gasteiger partial charge is 0.494 e. The van der Waals surface area contributed by atoms with Crippen LogP contribution < -0.4 is 15.4 Å². The van der Waals surface area contributed by atoms with Crippen LogP contribution in [0.15, 0.2) is 54.6 Å². The normalized spacial score (nSPS) is 12.8. The molecule has 0 heterocycles. The fraction of sp³-hybridized carbons (Fsp3) is 0.429. The van der Waals surface area contributed by atoms with Crippen molar-refractivity contribution in [1.29, 1.82) is 0 Å². The Hall–Kier alpha value is -1.84. The van der Waals surface area contributed by atoms with E-state index in [2.05, 4.69) is 73.9 Å². The van der Waals surface area contributed by atoms with Gasteiger partial charge in [0.2, 0.25) is 0 Å². The monoisotopic (exact) mass is 326 g/mol. The van der Waals surface area contributed by atoms with Crippen molar-refractivity contribution in [3.63, 3.8) is 0 Å². The molecule has 2 aromatic rings. The second-order valence-electron chi connectivity index (χ2n) is 6.84. The molecule has 0 aliphatic rings.